The molecule has 9 nitrogen and oxygen atoms in total. The maximum Gasteiger partial charge on any atom is 0.541 e. The molecule has 0 aliphatic heterocycles. The highest BCUT2D eigenvalue weighted by atomic mass is 32.2. The number of aldehydes is 1. The summed E-state index contributed by atoms with van der Waals surface area (Å²) in [7, 11) is -2.78. The number of nitro groups is 1. The summed E-state index contributed by atoms with van der Waals surface area (Å²) in [5.74, 6) is 0.194. The molecule has 0 heterocycles. The first-order valence-corrected chi connectivity index (χ1v) is 9.35. The number of rotatable bonds is 11. The van der Waals surface area contributed by atoms with Gasteiger partial charge in [-0.15, -0.1) is 0 Å². The molecule has 1 atom stereocenters. The van der Waals surface area contributed by atoms with Crippen LogP contribution >= 0.6 is 19.9 Å². The molecule has 1 unspecified atom stereocenters. The van der Waals surface area contributed by atoms with E-state index in [9.17, 15) is 19.5 Å². The number of carbonyl (C=O) groups excluding carboxylic acids is 1. The lowest BCUT2D eigenvalue weighted by atomic mass is 10.1. The van der Waals surface area contributed by atoms with Crippen LogP contribution in [-0.4, -0.2) is 30.7 Å². The number of benzene rings is 1. The zero-order valence-corrected chi connectivity index (χ0v) is 15.1. The van der Waals surface area contributed by atoms with Gasteiger partial charge >= 0.3 is 7.82 Å². The molecule has 0 saturated carbocycles. The second-order valence-electron chi connectivity index (χ2n) is 4.26. The van der Waals surface area contributed by atoms with E-state index in [-0.39, 0.29) is 30.0 Å². The van der Waals surface area contributed by atoms with Gasteiger partial charge < -0.3 is 9.26 Å². The summed E-state index contributed by atoms with van der Waals surface area (Å²) in [6.45, 7) is 3.58. The molecule has 24 heavy (non-hydrogen) atoms. The van der Waals surface area contributed by atoms with Crippen molar-refractivity contribution < 1.29 is 32.0 Å². The summed E-state index contributed by atoms with van der Waals surface area (Å²) in [5.41, 5.74) is -0.786. The number of methoxy groups -OCH3 is 1. The van der Waals surface area contributed by atoms with Gasteiger partial charge in [-0.1, -0.05) is 6.92 Å². The number of nitro benzene ring substituents is 1. The first kappa shape index (κ1) is 20.4. The highest BCUT2D eigenvalue weighted by Crippen LogP contribution is 2.55. The minimum Gasteiger partial charge on any atom is -0.492 e. The van der Waals surface area contributed by atoms with Gasteiger partial charge in [0.15, 0.2) is 17.8 Å². The third kappa shape index (κ3) is 5.20. The lowest BCUT2D eigenvalue weighted by Crippen LogP contribution is -2.04. The van der Waals surface area contributed by atoms with E-state index in [0.29, 0.717) is 5.75 Å². The van der Waals surface area contributed by atoms with Gasteiger partial charge in [0.1, 0.15) is 5.56 Å². The van der Waals surface area contributed by atoms with E-state index in [4.69, 9.17) is 17.8 Å². The SMILES string of the molecule is CCCSOP(=O)(OCC)Oc1ccc([N+](=O)[O-])c(C=O)c1OC. The molecule has 134 valence electrons. The second-order valence-corrected chi connectivity index (χ2v) is 6.83. The van der Waals surface area contributed by atoms with Gasteiger partial charge in [0.2, 0.25) is 0 Å². The molecular weight excluding hydrogens is 361 g/mol. The number of hydrogen-bond acceptors (Lipinski definition) is 9. The molecular formula is C13H18NO8PS. The van der Waals surface area contributed by atoms with E-state index >= 15 is 0 Å². The average Bonchev–Trinajstić information content (AvgIpc) is 2.54. The van der Waals surface area contributed by atoms with Gasteiger partial charge in [-0.05, 0) is 19.4 Å². The Hall–Kier alpha value is -1.61. The smallest absolute Gasteiger partial charge is 0.492 e. The van der Waals surface area contributed by atoms with Crippen molar-refractivity contribution in [3.63, 3.8) is 0 Å². The maximum absolute atomic E-state index is 12.6. The Morgan fingerprint density at radius 1 is 1.38 bits per heavy atom. The van der Waals surface area contributed by atoms with E-state index in [2.05, 4.69) is 0 Å². The first-order valence-electron chi connectivity index (χ1n) is 6.98. The van der Waals surface area contributed by atoms with Crippen LogP contribution < -0.4 is 9.26 Å². The number of ether oxygens (including phenoxy) is 1. The minimum absolute atomic E-state index is 0.0554. The van der Waals surface area contributed by atoms with Crippen molar-refractivity contribution in [2.45, 2.75) is 20.3 Å². The molecule has 0 radical (unpaired) electrons. The molecule has 0 bridgehead atoms. The number of phosphoric ester groups is 1. The predicted octanol–water partition coefficient (Wildman–Crippen LogP) is 4.01. The zero-order valence-electron chi connectivity index (χ0n) is 13.4. The van der Waals surface area contributed by atoms with E-state index in [1.807, 2.05) is 6.92 Å². The second kappa shape index (κ2) is 9.63. The van der Waals surface area contributed by atoms with Crippen molar-refractivity contribution >= 4 is 31.8 Å². The normalized spacial score (nSPS) is 13.1. The lowest BCUT2D eigenvalue weighted by Gasteiger charge is -2.18. The van der Waals surface area contributed by atoms with Crippen LogP contribution in [0, 0.1) is 10.1 Å². The fourth-order valence-electron chi connectivity index (χ4n) is 1.65. The zero-order chi connectivity index (χ0) is 18.2. The topological polar surface area (TPSA) is 114 Å². The molecule has 0 aliphatic carbocycles. The third-order valence-corrected chi connectivity index (χ3v) is 5.31. The maximum atomic E-state index is 12.6. The number of hydrogen-bond donors (Lipinski definition) is 0. The van der Waals surface area contributed by atoms with Gasteiger partial charge in [-0.3, -0.25) is 19.4 Å². The van der Waals surface area contributed by atoms with Gasteiger partial charge in [-0.2, -0.15) is 0 Å². The fourth-order valence-corrected chi connectivity index (χ4v) is 3.68. The molecule has 1 aromatic carbocycles. The van der Waals surface area contributed by atoms with Crippen LogP contribution in [0.15, 0.2) is 12.1 Å². The molecule has 0 saturated heterocycles. The summed E-state index contributed by atoms with van der Waals surface area (Å²) in [5, 5.41) is 11.0. The van der Waals surface area contributed by atoms with Crippen LogP contribution in [0.25, 0.3) is 0 Å². The van der Waals surface area contributed by atoms with Gasteiger partial charge in [0, 0.05) is 23.9 Å². The quantitative estimate of drug-likeness (QED) is 0.140. The van der Waals surface area contributed by atoms with Crippen molar-refractivity contribution in [3.8, 4) is 11.5 Å². The van der Waals surface area contributed by atoms with Crippen LogP contribution in [0.2, 0.25) is 0 Å². The van der Waals surface area contributed by atoms with Gasteiger partial charge in [-0.25, -0.2) is 8.54 Å². The molecule has 1 aromatic rings. The molecule has 0 aliphatic rings. The first-order chi connectivity index (χ1) is 11.4. The highest BCUT2D eigenvalue weighted by molar-refractivity contribution is 7.98. The highest BCUT2D eigenvalue weighted by Gasteiger charge is 2.32. The standard InChI is InChI=1S/C13H18NO8PS/c1-4-8-24-22-23(18,20-5-2)21-12-7-6-11(14(16)17)10(9-15)13(12)19-3/h6-7,9H,4-5,8H2,1-3H3. The monoisotopic (exact) mass is 379 g/mol. The predicted molar refractivity (Wildman–Crippen MR) is 88.7 cm³/mol. The van der Waals surface area contributed by atoms with E-state index in [0.717, 1.165) is 24.5 Å². The number of carbonyl (C=O) groups is 1. The van der Waals surface area contributed by atoms with Gasteiger partial charge in [0.05, 0.1) is 18.6 Å². The van der Waals surface area contributed by atoms with E-state index in [1.165, 1.54) is 13.2 Å². The number of phosphoric acid groups is 1. The Kier molecular flexibility index (Phi) is 8.20. The number of nitrogens with zero attached hydrogens (tertiary/aromatic N) is 1. The molecule has 0 spiro atoms. The van der Waals surface area contributed by atoms with E-state index < -0.39 is 18.4 Å². The fraction of sp³-hybridized carbons (Fsp3) is 0.462. The molecule has 11 heteroatoms. The average molecular weight is 379 g/mol. The van der Waals surface area contributed by atoms with Crippen LogP contribution in [0.5, 0.6) is 11.5 Å². The Labute approximate surface area is 143 Å². The third-order valence-electron chi connectivity index (χ3n) is 2.58. The summed E-state index contributed by atoms with van der Waals surface area (Å²) in [6, 6.07) is 2.22. The molecule has 1 rings (SSSR count). The summed E-state index contributed by atoms with van der Waals surface area (Å²) in [4.78, 5) is 21.4. The summed E-state index contributed by atoms with van der Waals surface area (Å²) in [6.07, 6.45) is 1.05. The molecule has 0 aromatic heterocycles. The van der Waals surface area contributed by atoms with Crippen LogP contribution in [-0.2, 0) is 13.1 Å². The van der Waals surface area contributed by atoms with E-state index in [1.54, 1.807) is 6.92 Å². The Morgan fingerprint density at radius 2 is 2.08 bits per heavy atom. The van der Waals surface area contributed by atoms with Crippen molar-refractivity contribution in [2.75, 3.05) is 19.5 Å². The molecule has 0 amide bonds. The molecule has 0 N–H and O–H groups in total. The Morgan fingerprint density at radius 3 is 2.58 bits per heavy atom. The van der Waals surface area contributed by atoms with Crippen molar-refractivity contribution in [1.82, 2.24) is 0 Å². The lowest BCUT2D eigenvalue weighted by molar-refractivity contribution is -0.385. The van der Waals surface area contributed by atoms with Crippen LogP contribution in [0.4, 0.5) is 5.69 Å². The largest absolute Gasteiger partial charge is 0.541 e. The van der Waals surface area contributed by atoms with Crippen molar-refractivity contribution in [1.29, 1.82) is 0 Å². The Balaban J connectivity index is 3.21. The summed E-state index contributed by atoms with van der Waals surface area (Å²) >= 11 is 0.919. The van der Waals surface area contributed by atoms with Crippen LogP contribution in [0.3, 0.4) is 0 Å². The van der Waals surface area contributed by atoms with Crippen molar-refractivity contribution in [3.05, 3.63) is 27.8 Å². The molecule has 0 fully saturated rings. The van der Waals surface area contributed by atoms with Gasteiger partial charge in [0.25, 0.3) is 5.69 Å². The van der Waals surface area contributed by atoms with Crippen molar-refractivity contribution in [2.24, 2.45) is 0 Å². The summed E-state index contributed by atoms with van der Waals surface area (Å²) < 4.78 is 33.0. The minimum atomic E-state index is -3.98. The Bertz CT molecular complexity index is 639. The van der Waals surface area contributed by atoms with Crippen LogP contribution in [0.1, 0.15) is 30.6 Å².